The van der Waals surface area contributed by atoms with Crippen LogP contribution in [-0.4, -0.2) is 25.3 Å². The minimum absolute atomic E-state index is 0.208. The number of rotatable bonds is 6. The summed E-state index contributed by atoms with van der Waals surface area (Å²) < 4.78 is 10.4. The number of hydrogen-bond acceptors (Lipinski definition) is 4. The van der Waals surface area contributed by atoms with E-state index < -0.39 is 5.91 Å². The summed E-state index contributed by atoms with van der Waals surface area (Å²) in [6, 6.07) is 12.1. The van der Waals surface area contributed by atoms with Crippen molar-refractivity contribution in [3.8, 4) is 11.5 Å². The van der Waals surface area contributed by atoms with Gasteiger partial charge in [-0.2, -0.15) is 5.10 Å². The van der Waals surface area contributed by atoms with Gasteiger partial charge in [-0.3, -0.25) is 4.79 Å². The average molecular weight is 367 g/mol. The van der Waals surface area contributed by atoms with Crippen LogP contribution in [-0.2, 0) is 4.79 Å². The lowest BCUT2D eigenvalue weighted by Gasteiger charge is -2.08. The molecule has 0 saturated carbocycles. The first-order chi connectivity index (χ1) is 11.5. The molecule has 2 aromatic rings. The Morgan fingerprint density at radius 2 is 1.88 bits per heavy atom. The van der Waals surface area contributed by atoms with Crippen LogP contribution < -0.4 is 14.9 Å². The molecule has 2 aromatic carbocycles. The molecule has 0 spiro atoms. The Kier molecular flexibility index (Phi) is 6.46. The van der Waals surface area contributed by atoms with Crippen molar-refractivity contribution in [2.75, 3.05) is 13.7 Å². The number of benzene rings is 2. The Labute approximate surface area is 150 Å². The van der Waals surface area contributed by atoms with Crippen molar-refractivity contribution in [2.24, 2.45) is 5.10 Å². The van der Waals surface area contributed by atoms with Gasteiger partial charge >= 0.3 is 0 Å². The number of carbonyl (C=O) groups is 1. The predicted molar refractivity (Wildman–Crippen MR) is 95.3 cm³/mol. The molecule has 126 valence electrons. The van der Waals surface area contributed by atoms with E-state index in [-0.39, 0.29) is 6.61 Å². The maximum Gasteiger partial charge on any atom is 0.277 e. The van der Waals surface area contributed by atoms with Crippen molar-refractivity contribution in [3.05, 3.63) is 58.1 Å². The van der Waals surface area contributed by atoms with Crippen molar-refractivity contribution in [1.82, 2.24) is 5.43 Å². The summed E-state index contributed by atoms with van der Waals surface area (Å²) in [5.41, 5.74) is 3.97. The van der Waals surface area contributed by atoms with Gasteiger partial charge in [-0.1, -0.05) is 23.2 Å². The topological polar surface area (TPSA) is 59.9 Å². The number of carbonyl (C=O) groups excluding carboxylic acids is 1. The Hall–Kier alpha value is -2.24. The molecule has 0 aliphatic rings. The van der Waals surface area contributed by atoms with Crippen LogP contribution >= 0.6 is 23.2 Å². The van der Waals surface area contributed by atoms with Crippen molar-refractivity contribution < 1.29 is 14.3 Å². The number of nitrogens with one attached hydrogen (secondary N) is 1. The molecule has 0 aliphatic heterocycles. The van der Waals surface area contributed by atoms with Crippen molar-refractivity contribution in [2.45, 2.75) is 6.92 Å². The molecular weight excluding hydrogens is 351 g/mol. The average Bonchev–Trinajstić information content (AvgIpc) is 2.59. The first-order valence-electron chi connectivity index (χ1n) is 7.05. The summed E-state index contributed by atoms with van der Waals surface area (Å²) in [6.07, 6.45) is 0. The SMILES string of the molecule is COc1ccc(/C(C)=N/NC(=O)COc2ccc(Cl)cc2Cl)cc1. The van der Waals surface area contributed by atoms with Crippen LogP contribution in [0.1, 0.15) is 12.5 Å². The standard InChI is InChI=1S/C17H16Cl2N2O3/c1-11(12-3-6-14(23-2)7-4-12)20-21-17(22)10-24-16-8-5-13(18)9-15(16)19/h3-9H,10H2,1-2H3,(H,21,22)/b20-11+. The highest BCUT2D eigenvalue weighted by Gasteiger charge is 2.06. The minimum atomic E-state index is -0.395. The summed E-state index contributed by atoms with van der Waals surface area (Å²) in [5.74, 6) is 0.741. The highest BCUT2D eigenvalue weighted by Crippen LogP contribution is 2.27. The van der Waals surface area contributed by atoms with Gasteiger partial charge in [0.1, 0.15) is 11.5 Å². The normalized spacial score (nSPS) is 11.1. The quantitative estimate of drug-likeness (QED) is 0.622. The second-order valence-corrected chi connectivity index (χ2v) is 5.67. The van der Waals surface area contributed by atoms with E-state index in [9.17, 15) is 4.79 Å². The molecule has 0 atom stereocenters. The molecule has 24 heavy (non-hydrogen) atoms. The fourth-order valence-electron chi connectivity index (χ4n) is 1.81. The van der Waals surface area contributed by atoms with Gasteiger partial charge in [0.25, 0.3) is 5.91 Å². The molecule has 7 heteroatoms. The maximum absolute atomic E-state index is 11.8. The van der Waals surface area contributed by atoms with Gasteiger partial charge in [-0.25, -0.2) is 5.43 Å². The second kappa shape index (κ2) is 8.57. The number of methoxy groups -OCH3 is 1. The molecule has 0 unspecified atom stereocenters. The number of hydrazone groups is 1. The van der Waals surface area contributed by atoms with Crippen LogP contribution in [0.15, 0.2) is 47.6 Å². The zero-order valence-electron chi connectivity index (χ0n) is 13.2. The number of halogens is 2. The van der Waals surface area contributed by atoms with Crippen LogP contribution in [0.3, 0.4) is 0 Å². The van der Waals surface area contributed by atoms with Gasteiger partial charge in [0.2, 0.25) is 0 Å². The molecule has 0 fully saturated rings. The first kappa shape index (κ1) is 18.1. The number of nitrogens with zero attached hydrogens (tertiary/aromatic N) is 1. The fourth-order valence-corrected chi connectivity index (χ4v) is 2.27. The van der Waals surface area contributed by atoms with Crippen LogP contribution in [0.4, 0.5) is 0 Å². The fraction of sp³-hybridized carbons (Fsp3) is 0.176. The number of ether oxygens (including phenoxy) is 2. The summed E-state index contributed by atoms with van der Waals surface area (Å²) in [5, 5.41) is 4.88. The Bertz CT molecular complexity index is 746. The van der Waals surface area contributed by atoms with E-state index in [0.717, 1.165) is 11.3 Å². The molecule has 0 radical (unpaired) electrons. The molecule has 0 bridgehead atoms. The zero-order valence-corrected chi connectivity index (χ0v) is 14.7. The lowest BCUT2D eigenvalue weighted by Crippen LogP contribution is -2.25. The molecule has 0 saturated heterocycles. The largest absolute Gasteiger partial charge is 0.497 e. The Morgan fingerprint density at radius 3 is 2.50 bits per heavy atom. The van der Waals surface area contributed by atoms with E-state index in [1.807, 2.05) is 24.3 Å². The Balaban J connectivity index is 1.89. The van der Waals surface area contributed by atoms with Crippen LogP contribution in [0.2, 0.25) is 10.0 Å². The molecule has 0 aromatic heterocycles. The van der Waals surface area contributed by atoms with E-state index in [0.29, 0.717) is 21.5 Å². The van der Waals surface area contributed by atoms with Gasteiger partial charge < -0.3 is 9.47 Å². The van der Waals surface area contributed by atoms with Crippen molar-refractivity contribution >= 4 is 34.8 Å². The minimum Gasteiger partial charge on any atom is -0.497 e. The highest BCUT2D eigenvalue weighted by molar-refractivity contribution is 6.35. The lowest BCUT2D eigenvalue weighted by molar-refractivity contribution is -0.123. The van der Waals surface area contributed by atoms with E-state index in [4.69, 9.17) is 32.7 Å². The molecule has 1 N–H and O–H groups in total. The third-order valence-corrected chi connectivity index (χ3v) is 3.64. The van der Waals surface area contributed by atoms with Gasteiger partial charge in [-0.15, -0.1) is 0 Å². The summed E-state index contributed by atoms with van der Waals surface area (Å²) in [4.78, 5) is 11.8. The first-order valence-corrected chi connectivity index (χ1v) is 7.80. The zero-order chi connectivity index (χ0) is 17.5. The molecular formula is C17H16Cl2N2O3. The summed E-state index contributed by atoms with van der Waals surface area (Å²) >= 11 is 11.8. The number of amides is 1. The third-order valence-electron chi connectivity index (χ3n) is 3.11. The highest BCUT2D eigenvalue weighted by atomic mass is 35.5. The van der Waals surface area contributed by atoms with Gasteiger partial charge in [-0.05, 0) is 55.0 Å². The number of hydrogen-bond donors (Lipinski definition) is 1. The molecule has 0 heterocycles. The van der Waals surface area contributed by atoms with Gasteiger partial charge in [0.05, 0.1) is 17.8 Å². The van der Waals surface area contributed by atoms with Crippen LogP contribution in [0.5, 0.6) is 11.5 Å². The molecule has 0 aliphatic carbocycles. The van der Waals surface area contributed by atoms with Crippen molar-refractivity contribution in [1.29, 1.82) is 0 Å². The Morgan fingerprint density at radius 1 is 1.17 bits per heavy atom. The maximum atomic E-state index is 11.8. The van der Waals surface area contributed by atoms with E-state index >= 15 is 0 Å². The lowest BCUT2D eigenvalue weighted by atomic mass is 10.1. The van der Waals surface area contributed by atoms with E-state index in [2.05, 4.69) is 10.5 Å². The summed E-state index contributed by atoms with van der Waals surface area (Å²) in [6.45, 7) is 1.58. The van der Waals surface area contributed by atoms with Crippen molar-refractivity contribution in [3.63, 3.8) is 0 Å². The monoisotopic (exact) mass is 366 g/mol. The molecule has 2 rings (SSSR count). The van der Waals surface area contributed by atoms with E-state index in [1.165, 1.54) is 0 Å². The van der Waals surface area contributed by atoms with Gasteiger partial charge in [0.15, 0.2) is 6.61 Å². The van der Waals surface area contributed by atoms with E-state index in [1.54, 1.807) is 32.2 Å². The van der Waals surface area contributed by atoms with Crippen LogP contribution in [0.25, 0.3) is 0 Å². The van der Waals surface area contributed by atoms with Gasteiger partial charge in [0, 0.05) is 5.02 Å². The smallest absolute Gasteiger partial charge is 0.277 e. The van der Waals surface area contributed by atoms with Crippen LogP contribution in [0, 0.1) is 0 Å². The third kappa shape index (κ3) is 5.15. The molecule has 5 nitrogen and oxygen atoms in total. The summed E-state index contributed by atoms with van der Waals surface area (Å²) in [7, 11) is 1.60. The predicted octanol–water partition coefficient (Wildman–Crippen LogP) is 3.92. The second-order valence-electron chi connectivity index (χ2n) is 4.82. The molecule has 1 amide bonds.